The van der Waals surface area contributed by atoms with Gasteiger partial charge >= 0.3 is 0 Å². The number of hydrogen-bond donors (Lipinski definition) is 2. The number of primary sulfonamides is 1. The van der Waals surface area contributed by atoms with Crippen LogP contribution in [-0.4, -0.2) is 26.8 Å². The van der Waals surface area contributed by atoms with Crippen LogP contribution in [0.25, 0.3) is 0 Å². The lowest BCUT2D eigenvalue weighted by Crippen LogP contribution is -2.44. The van der Waals surface area contributed by atoms with Crippen LogP contribution in [-0.2, 0) is 10.0 Å². The Bertz CT molecular complexity index is 196. The Morgan fingerprint density at radius 3 is 2.50 bits per heavy atom. The molecule has 5 heteroatoms. The Labute approximate surface area is 60.8 Å². The smallest absolute Gasteiger partial charge is 0.209 e. The molecule has 1 saturated heterocycles. The molecular formula is C5H12N2O2S. The first kappa shape index (κ1) is 7.97. The normalized spacial score (nSPS) is 25.9. The Kier molecular flexibility index (Phi) is 2.28. The van der Waals surface area contributed by atoms with Crippen LogP contribution < -0.4 is 10.5 Å². The summed E-state index contributed by atoms with van der Waals surface area (Å²) in [6.45, 7) is 1.01. The Hall–Kier alpha value is -0.130. The van der Waals surface area contributed by atoms with Crippen LogP contribution in [0.15, 0.2) is 0 Å². The first-order valence-electron chi connectivity index (χ1n) is 3.32. The van der Waals surface area contributed by atoms with E-state index in [1.807, 2.05) is 0 Å². The maximum Gasteiger partial charge on any atom is 0.209 e. The van der Waals surface area contributed by atoms with Gasteiger partial charge in [0.25, 0.3) is 0 Å². The minimum atomic E-state index is -3.24. The van der Waals surface area contributed by atoms with Crippen molar-refractivity contribution in [2.24, 2.45) is 5.14 Å². The van der Waals surface area contributed by atoms with Crippen molar-refractivity contribution >= 4 is 10.0 Å². The predicted octanol–water partition coefficient (Wildman–Crippen LogP) is -0.973. The first-order valence-corrected chi connectivity index (χ1v) is 5.03. The molecule has 0 aromatic heterocycles. The molecule has 1 heterocycles. The summed E-state index contributed by atoms with van der Waals surface area (Å²) in [6.07, 6.45) is 1.73. The monoisotopic (exact) mass is 164 g/mol. The fourth-order valence-electron chi connectivity index (χ4n) is 0.901. The van der Waals surface area contributed by atoms with Crippen molar-refractivity contribution in [3.63, 3.8) is 0 Å². The van der Waals surface area contributed by atoms with Gasteiger partial charge in [-0.25, -0.2) is 13.6 Å². The highest BCUT2D eigenvalue weighted by Crippen LogP contribution is 2.06. The van der Waals surface area contributed by atoms with Gasteiger partial charge in [0.2, 0.25) is 10.0 Å². The summed E-state index contributed by atoms with van der Waals surface area (Å²) in [5.41, 5.74) is 0. The zero-order valence-electron chi connectivity index (χ0n) is 5.71. The van der Waals surface area contributed by atoms with Crippen molar-refractivity contribution in [3.05, 3.63) is 0 Å². The molecule has 0 aliphatic carbocycles. The van der Waals surface area contributed by atoms with Crippen LogP contribution in [0.2, 0.25) is 0 Å². The third kappa shape index (κ3) is 2.64. The fourth-order valence-corrected chi connectivity index (χ4v) is 1.51. The molecule has 10 heavy (non-hydrogen) atoms. The molecule has 60 valence electrons. The molecule has 1 unspecified atom stereocenters. The van der Waals surface area contributed by atoms with Gasteiger partial charge in [-0.05, 0) is 19.4 Å². The molecule has 0 saturated carbocycles. The van der Waals surface area contributed by atoms with Crippen LogP contribution in [0.4, 0.5) is 0 Å². The van der Waals surface area contributed by atoms with Crippen molar-refractivity contribution in [3.8, 4) is 0 Å². The zero-order chi connectivity index (χ0) is 7.61. The first-order chi connectivity index (χ1) is 4.58. The van der Waals surface area contributed by atoms with Gasteiger partial charge in [-0.3, -0.25) is 0 Å². The third-order valence-electron chi connectivity index (χ3n) is 1.68. The van der Waals surface area contributed by atoms with E-state index in [2.05, 4.69) is 5.32 Å². The van der Waals surface area contributed by atoms with Gasteiger partial charge in [0, 0.05) is 6.04 Å². The summed E-state index contributed by atoms with van der Waals surface area (Å²) >= 11 is 0. The minimum absolute atomic E-state index is 0.102. The quantitative estimate of drug-likeness (QED) is 0.563. The van der Waals surface area contributed by atoms with Crippen LogP contribution >= 0.6 is 0 Å². The van der Waals surface area contributed by atoms with E-state index in [0.717, 1.165) is 13.0 Å². The number of sulfonamides is 1. The number of rotatable bonds is 3. The highest BCUT2D eigenvalue weighted by Gasteiger charge is 2.17. The zero-order valence-corrected chi connectivity index (χ0v) is 6.52. The Morgan fingerprint density at radius 2 is 2.20 bits per heavy atom. The van der Waals surface area contributed by atoms with Gasteiger partial charge in [-0.15, -0.1) is 0 Å². The molecule has 3 N–H and O–H groups in total. The maximum absolute atomic E-state index is 10.4. The SMILES string of the molecule is NS(=O)(=O)CCC1CCN1. The molecule has 1 fully saturated rings. The van der Waals surface area contributed by atoms with Crippen LogP contribution in [0.5, 0.6) is 0 Å². The van der Waals surface area contributed by atoms with E-state index < -0.39 is 10.0 Å². The number of nitrogens with one attached hydrogen (secondary N) is 1. The summed E-state index contributed by atoms with van der Waals surface area (Å²) in [5.74, 6) is 0.102. The van der Waals surface area contributed by atoms with E-state index in [4.69, 9.17) is 5.14 Å². The van der Waals surface area contributed by atoms with Gasteiger partial charge in [-0.1, -0.05) is 0 Å². The second-order valence-electron chi connectivity index (χ2n) is 2.60. The number of nitrogens with two attached hydrogens (primary N) is 1. The lowest BCUT2D eigenvalue weighted by Gasteiger charge is -2.26. The van der Waals surface area contributed by atoms with Crippen LogP contribution in [0.3, 0.4) is 0 Å². The Balaban J connectivity index is 2.16. The van der Waals surface area contributed by atoms with E-state index in [1.54, 1.807) is 0 Å². The summed E-state index contributed by atoms with van der Waals surface area (Å²) in [6, 6.07) is 0.387. The van der Waals surface area contributed by atoms with E-state index in [1.165, 1.54) is 0 Å². The van der Waals surface area contributed by atoms with E-state index in [-0.39, 0.29) is 5.75 Å². The largest absolute Gasteiger partial charge is 0.314 e. The molecule has 0 aromatic rings. The molecule has 4 nitrogen and oxygen atoms in total. The van der Waals surface area contributed by atoms with Crippen molar-refractivity contribution in [2.75, 3.05) is 12.3 Å². The van der Waals surface area contributed by atoms with E-state index in [9.17, 15) is 8.42 Å². The van der Waals surface area contributed by atoms with Crippen molar-refractivity contribution in [2.45, 2.75) is 18.9 Å². The van der Waals surface area contributed by atoms with Crippen LogP contribution in [0.1, 0.15) is 12.8 Å². The van der Waals surface area contributed by atoms with Gasteiger partial charge < -0.3 is 5.32 Å². The highest BCUT2D eigenvalue weighted by molar-refractivity contribution is 7.89. The topological polar surface area (TPSA) is 72.2 Å². The Morgan fingerprint density at radius 1 is 1.60 bits per heavy atom. The summed E-state index contributed by atoms with van der Waals surface area (Å²) in [5, 5.41) is 7.91. The second-order valence-corrected chi connectivity index (χ2v) is 4.33. The molecule has 0 amide bonds. The molecule has 0 radical (unpaired) electrons. The predicted molar refractivity (Wildman–Crippen MR) is 39.0 cm³/mol. The molecule has 0 aromatic carbocycles. The fraction of sp³-hybridized carbons (Fsp3) is 1.00. The molecule has 1 aliphatic rings. The molecule has 0 bridgehead atoms. The molecular weight excluding hydrogens is 152 g/mol. The van der Waals surface area contributed by atoms with Gasteiger partial charge in [0.15, 0.2) is 0 Å². The second kappa shape index (κ2) is 2.86. The number of hydrogen-bond acceptors (Lipinski definition) is 3. The standard InChI is InChI=1S/C5H12N2O2S/c6-10(8,9)4-2-5-1-3-7-5/h5,7H,1-4H2,(H2,6,8,9). The van der Waals surface area contributed by atoms with Crippen LogP contribution in [0, 0.1) is 0 Å². The summed E-state index contributed by atoms with van der Waals surface area (Å²) in [4.78, 5) is 0. The van der Waals surface area contributed by atoms with Crippen molar-refractivity contribution in [1.82, 2.24) is 5.32 Å². The van der Waals surface area contributed by atoms with Gasteiger partial charge in [-0.2, -0.15) is 0 Å². The maximum atomic E-state index is 10.4. The lowest BCUT2D eigenvalue weighted by molar-refractivity contribution is 0.362. The van der Waals surface area contributed by atoms with E-state index >= 15 is 0 Å². The molecule has 1 atom stereocenters. The van der Waals surface area contributed by atoms with E-state index in [0.29, 0.717) is 12.5 Å². The lowest BCUT2D eigenvalue weighted by atomic mass is 10.1. The average molecular weight is 164 g/mol. The molecule has 1 rings (SSSR count). The molecule has 0 spiro atoms. The minimum Gasteiger partial charge on any atom is -0.314 e. The highest BCUT2D eigenvalue weighted by atomic mass is 32.2. The van der Waals surface area contributed by atoms with Crippen molar-refractivity contribution in [1.29, 1.82) is 0 Å². The molecule has 1 aliphatic heterocycles. The van der Waals surface area contributed by atoms with Crippen molar-refractivity contribution < 1.29 is 8.42 Å². The summed E-state index contributed by atoms with van der Waals surface area (Å²) < 4.78 is 20.9. The van der Waals surface area contributed by atoms with Gasteiger partial charge in [0.05, 0.1) is 5.75 Å². The third-order valence-corrected chi connectivity index (χ3v) is 2.48. The van der Waals surface area contributed by atoms with Gasteiger partial charge in [0.1, 0.15) is 0 Å². The average Bonchev–Trinajstić information content (AvgIpc) is 1.56. The summed E-state index contributed by atoms with van der Waals surface area (Å²) in [7, 11) is -3.24.